The van der Waals surface area contributed by atoms with Crippen molar-refractivity contribution in [3.8, 4) is 0 Å². The highest BCUT2D eigenvalue weighted by Crippen LogP contribution is 2.24. The molecule has 1 aliphatic rings. The highest BCUT2D eigenvalue weighted by molar-refractivity contribution is 5.68. The summed E-state index contributed by atoms with van der Waals surface area (Å²) in [5.41, 5.74) is 0.718. The lowest BCUT2D eigenvalue weighted by atomic mass is 10.0. The van der Waals surface area contributed by atoms with Gasteiger partial charge in [-0.3, -0.25) is 4.90 Å². The van der Waals surface area contributed by atoms with Crippen molar-refractivity contribution in [2.24, 2.45) is 0 Å². The zero-order chi connectivity index (χ0) is 15.5. The summed E-state index contributed by atoms with van der Waals surface area (Å²) in [4.78, 5) is 14.2. The molecule has 1 saturated heterocycles. The van der Waals surface area contributed by atoms with Gasteiger partial charge >= 0.3 is 6.09 Å². The molecule has 0 aliphatic carbocycles. The van der Waals surface area contributed by atoms with Gasteiger partial charge in [-0.2, -0.15) is 0 Å². The second kappa shape index (κ2) is 6.52. The van der Waals surface area contributed by atoms with E-state index in [1.165, 1.54) is 5.56 Å². The van der Waals surface area contributed by atoms with Crippen LogP contribution in [0.3, 0.4) is 0 Å². The lowest BCUT2D eigenvalue weighted by Crippen LogP contribution is -2.49. The number of amides is 1. The SMILES string of the molecule is C[C@H](c1ccoc1)N1CCC[C@H](NC(=O)OC(C)(C)C)C1. The Balaban J connectivity index is 1.87. The van der Waals surface area contributed by atoms with Gasteiger partial charge in [0.25, 0.3) is 0 Å². The number of piperidine rings is 1. The number of likely N-dealkylation sites (tertiary alicyclic amines) is 1. The second-order valence-corrected chi connectivity index (χ2v) is 6.71. The molecule has 0 radical (unpaired) electrons. The number of rotatable bonds is 3. The number of hydrogen-bond donors (Lipinski definition) is 1. The smallest absolute Gasteiger partial charge is 0.407 e. The summed E-state index contributed by atoms with van der Waals surface area (Å²) < 4.78 is 10.5. The highest BCUT2D eigenvalue weighted by Gasteiger charge is 2.27. The lowest BCUT2D eigenvalue weighted by molar-refractivity contribution is 0.0458. The van der Waals surface area contributed by atoms with Crippen LogP contribution in [0.25, 0.3) is 0 Å². The van der Waals surface area contributed by atoms with E-state index < -0.39 is 5.60 Å². The average molecular weight is 294 g/mol. The van der Waals surface area contributed by atoms with Crippen LogP contribution in [0, 0.1) is 0 Å². The first-order chi connectivity index (χ1) is 9.85. The fourth-order valence-corrected chi connectivity index (χ4v) is 2.67. The van der Waals surface area contributed by atoms with Crippen LogP contribution >= 0.6 is 0 Å². The van der Waals surface area contributed by atoms with Crippen LogP contribution in [-0.4, -0.2) is 35.7 Å². The molecule has 1 amide bonds. The van der Waals surface area contributed by atoms with E-state index in [0.29, 0.717) is 6.04 Å². The van der Waals surface area contributed by atoms with Gasteiger partial charge in [0, 0.05) is 24.2 Å². The van der Waals surface area contributed by atoms with Crippen molar-refractivity contribution < 1.29 is 13.9 Å². The third-order valence-electron chi connectivity index (χ3n) is 3.75. The molecule has 2 heterocycles. The summed E-state index contributed by atoms with van der Waals surface area (Å²) in [6.45, 7) is 9.67. The van der Waals surface area contributed by atoms with E-state index in [-0.39, 0.29) is 12.1 Å². The minimum atomic E-state index is -0.456. The molecule has 5 heteroatoms. The monoisotopic (exact) mass is 294 g/mol. The molecule has 2 rings (SSSR count). The standard InChI is InChI=1S/C16H26N2O3/c1-12(13-7-9-20-11-13)18-8-5-6-14(10-18)17-15(19)21-16(2,3)4/h7,9,11-12,14H,5-6,8,10H2,1-4H3,(H,17,19)/t12-,14+/m1/s1. The molecule has 21 heavy (non-hydrogen) atoms. The molecule has 0 spiro atoms. The molecular weight excluding hydrogens is 268 g/mol. The predicted molar refractivity (Wildman–Crippen MR) is 81.1 cm³/mol. The maximum absolute atomic E-state index is 11.9. The first-order valence-corrected chi connectivity index (χ1v) is 7.61. The molecule has 0 saturated carbocycles. The van der Waals surface area contributed by atoms with Gasteiger partial charge in [-0.15, -0.1) is 0 Å². The highest BCUT2D eigenvalue weighted by atomic mass is 16.6. The first-order valence-electron chi connectivity index (χ1n) is 7.61. The van der Waals surface area contributed by atoms with Gasteiger partial charge in [-0.05, 0) is 53.1 Å². The van der Waals surface area contributed by atoms with Crippen molar-refractivity contribution in [1.29, 1.82) is 0 Å². The minimum Gasteiger partial charge on any atom is -0.472 e. The van der Waals surface area contributed by atoms with Crippen LogP contribution in [-0.2, 0) is 4.74 Å². The molecule has 0 aromatic carbocycles. The Morgan fingerprint density at radius 3 is 2.90 bits per heavy atom. The Hall–Kier alpha value is -1.49. The van der Waals surface area contributed by atoms with Crippen LogP contribution in [0.5, 0.6) is 0 Å². The normalized spacial score (nSPS) is 21.8. The number of nitrogens with zero attached hydrogens (tertiary/aromatic N) is 1. The summed E-state index contributed by atoms with van der Waals surface area (Å²) in [5.74, 6) is 0. The van der Waals surface area contributed by atoms with Crippen LogP contribution in [0.15, 0.2) is 23.0 Å². The Kier molecular flexibility index (Phi) is 4.93. The largest absolute Gasteiger partial charge is 0.472 e. The molecule has 1 aromatic rings. The van der Waals surface area contributed by atoms with Crippen molar-refractivity contribution in [3.63, 3.8) is 0 Å². The third kappa shape index (κ3) is 4.77. The van der Waals surface area contributed by atoms with Crippen molar-refractivity contribution in [1.82, 2.24) is 10.2 Å². The van der Waals surface area contributed by atoms with E-state index in [4.69, 9.17) is 9.15 Å². The van der Waals surface area contributed by atoms with Gasteiger partial charge in [0.2, 0.25) is 0 Å². The minimum absolute atomic E-state index is 0.142. The van der Waals surface area contributed by atoms with E-state index in [2.05, 4.69) is 17.1 Å². The number of carbonyl (C=O) groups is 1. The van der Waals surface area contributed by atoms with Crippen LogP contribution in [0.2, 0.25) is 0 Å². The van der Waals surface area contributed by atoms with E-state index in [1.807, 2.05) is 26.8 Å². The average Bonchev–Trinajstić information content (AvgIpc) is 2.89. The van der Waals surface area contributed by atoms with Crippen LogP contribution in [0.4, 0.5) is 4.79 Å². The quantitative estimate of drug-likeness (QED) is 0.929. The van der Waals surface area contributed by atoms with E-state index in [0.717, 1.165) is 25.9 Å². The summed E-state index contributed by atoms with van der Waals surface area (Å²) in [6.07, 6.45) is 5.23. The molecule has 5 nitrogen and oxygen atoms in total. The fraction of sp³-hybridized carbons (Fsp3) is 0.688. The Morgan fingerprint density at radius 2 is 2.29 bits per heavy atom. The van der Waals surface area contributed by atoms with Crippen LogP contribution in [0.1, 0.15) is 52.1 Å². The molecular formula is C16H26N2O3. The van der Waals surface area contributed by atoms with Gasteiger partial charge in [-0.1, -0.05) is 0 Å². The number of ether oxygens (including phenoxy) is 1. The maximum Gasteiger partial charge on any atom is 0.407 e. The summed E-state index contributed by atoms with van der Waals surface area (Å²) in [5, 5.41) is 2.98. The van der Waals surface area contributed by atoms with Crippen molar-refractivity contribution in [3.05, 3.63) is 24.2 Å². The molecule has 1 aromatic heterocycles. The van der Waals surface area contributed by atoms with E-state index >= 15 is 0 Å². The molecule has 1 aliphatic heterocycles. The molecule has 0 unspecified atom stereocenters. The summed E-state index contributed by atoms with van der Waals surface area (Å²) in [7, 11) is 0. The zero-order valence-corrected chi connectivity index (χ0v) is 13.4. The van der Waals surface area contributed by atoms with Gasteiger partial charge in [0.05, 0.1) is 12.5 Å². The van der Waals surface area contributed by atoms with Crippen molar-refractivity contribution in [2.45, 2.75) is 58.2 Å². The molecule has 118 valence electrons. The first kappa shape index (κ1) is 15.9. The Labute approximate surface area is 126 Å². The van der Waals surface area contributed by atoms with Gasteiger partial charge in [0.1, 0.15) is 5.60 Å². The number of hydrogen-bond acceptors (Lipinski definition) is 4. The number of nitrogens with one attached hydrogen (secondary N) is 1. The van der Waals surface area contributed by atoms with Crippen LogP contribution < -0.4 is 5.32 Å². The van der Waals surface area contributed by atoms with Gasteiger partial charge < -0.3 is 14.5 Å². The molecule has 0 bridgehead atoms. The number of furan rings is 1. The number of carbonyl (C=O) groups excluding carboxylic acids is 1. The van der Waals surface area contributed by atoms with E-state index in [1.54, 1.807) is 12.5 Å². The number of alkyl carbamates (subject to hydrolysis) is 1. The molecule has 2 atom stereocenters. The van der Waals surface area contributed by atoms with Gasteiger partial charge in [0.15, 0.2) is 0 Å². The predicted octanol–water partition coefficient (Wildman–Crippen LogP) is 3.33. The van der Waals surface area contributed by atoms with Gasteiger partial charge in [-0.25, -0.2) is 4.79 Å². The summed E-state index contributed by atoms with van der Waals surface area (Å²) >= 11 is 0. The zero-order valence-electron chi connectivity index (χ0n) is 13.4. The maximum atomic E-state index is 11.9. The Morgan fingerprint density at radius 1 is 1.52 bits per heavy atom. The topological polar surface area (TPSA) is 54.7 Å². The fourth-order valence-electron chi connectivity index (χ4n) is 2.67. The molecule has 1 N–H and O–H groups in total. The lowest BCUT2D eigenvalue weighted by Gasteiger charge is -2.36. The third-order valence-corrected chi connectivity index (χ3v) is 3.75. The summed E-state index contributed by atoms with van der Waals surface area (Å²) in [6, 6.07) is 2.44. The van der Waals surface area contributed by atoms with Crippen molar-refractivity contribution in [2.75, 3.05) is 13.1 Å². The molecule has 1 fully saturated rings. The second-order valence-electron chi connectivity index (χ2n) is 6.71. The van der Waals surface area contributed by atoms with Crippen molar-refractivity contribution >= 4 is 6.09 Å². The van der Waals surface area contributed by atoms with E-state index in [9.17, 15) is 4.79 Å². The Bertz CT molecular complexity index is 451.